The van der Waals surface area contributed by atoms with Gasteiger partial charge in [0.15, 0.2) is 0 Å². The van der Waals surface area contributed by atoms with E-state index in [1.165, 1.54) is 5.69 Å². The van der Waals surface area contributed by atoms with Crippen molar-refractivity contribution in [2.75, 3.05) is 0 Å². The molecule has 2 unspecified atom stereocenters. The number of nitrogens with zero attached hydrogens (tertiary/aromatic N) is 2. The van der Waals surface area contributed by atoms with Crippen LogP contribution in [-0.4, -0.2) is 21.0 Å². The number of aliphatic hydroxyl groups is 1. The summed E-state index contributed by atoms with van der Waals surface area (Å²) in [7, 11) is 1.98. The van der Waals surface area contributed by atoms with Gasteiger partial charge in [-0.25, -0.2) is 0 Å². The molecule has 2 atom stereocenters. The van der Waals surface area contributed by atoms with Crippen LogP contribution in [0.1, 0.15) is 44.7 Å². The van der Waals surface area contributed by atoms with Gasteiger partial charge in [-0.3, -0.25) is 4.68 Å². The van der Waals surface area contributed by atoms with Crippen LogP contribution in [0.2, 0.25) is 0 Å². The van der Waals surface area contributed by atoms with Crippen molar-refractivity contribution in [2.24, 2.45) is 12.5 Å². The Morgan fingerprint density at radius 2 is 2.20 bits per heavy atom. The fourth-order valence-electron chi connectivity index (χ4n) is 3.12. The molecule has 0 bridgehead atoms. The first-order chi connectivity index (χ1) is 7.15. The molecule has 1 aromatic rings. The molecular weight excluding hydrogens is 188 g/mol. The molecule has 15 heavy (non-hydrogen) atoms. The first kappa shape index (κ1) is 10.7. The molecule has 1 aliphatic rings. The van der Waals surface area contributed by atoms with Gasteiger partial charge in [0.25, 0.3) is 0 Å². The zero-order valence-corrected chi connectivity index (χ0v) is 9.77. The van der Waals surface area contributed by atoms with Crippen molar-refractivity contribution >= 4 is 0 Å². The molecule has 1 fully saturated rings. The third-order valence-corrected chi connectivity index (χ3v) is 4.35. The fourth-order valence-corrected chi connectivity index (χ4v) is 3.12. The zero-order valence-electron chi connectivity index (χ0n) is 9.77. The maximum Gasteiger partial charge on any atom is 0.0609 e. The highest BCUT2D eigenvalue weighted by Crippen LogP contribution is 2.56. The predicted molar refractivity (Wildman–Crippen MR) is 59.6 cm³/mol. The minimum Gasteiger partial charge on any atom is -0.393 e. The number of aryl methyl sites for hydroxylation is 1. The lowest BCUT2D eigenvalue weighted by molar-refractivity contribution is -0.0954. The van der Waals surface area contributed by atoms with E-state index in [1.807, 2.05) is 17.9 Å². The Labute approximate surface area is 91.1 Å². The van der Waals surface area contributed by atoms with Gasteiger partial charge >= 0.3 is 0 Å². The predicted octanol–water partition coefficient (Wildman–Crippen LogP) is 2.07. The smallest absolute Gasteiger partial charge is 0.0609 e. The van der Waals surface area contributed by atoms with Gasteiger partial charge in [-0.1, -0.05) is 13.8 Å². The Hall–Kier alpha value is -0.830. The molecule has 0 saturated heterocycles. The van der Waals surface area contributed by atoms with Crippen LogP contribution in [0.5, 0.6) is 0 Å². The van der Waals surface area contributed by atoms with Crippen LogP contribution in [-0.2, 0) is 7.05 Å². The largest absolute Gasteiger partial charge is 0.393 e. The van der Waals surface area contributed by atoms with E-state index in [4.69, 9.17) is 0 Å². The standard InChI is InChI=1S/C12H20N2O/c1-4-12(5-2)9(8-11(12)15)10-6-7-13-14(10)3/h6-7,9,11,15H,4-5,8H2,1-3H3. The van der Waals surface area contributed by atoms with E-state index < -0.39 is 0 Å². The van der Waals surface area contributed by atoms with Crippen molar-refractivity contribution in [3.8, 4) is 0 Å². The second kappa shape index (κ2) is 3.63. The summed E-state index contributed by atoms with van der Waals surface area (Å²) >= 11 is 0. The minimum atomic E-state index is -0.132. The summed E-state index contributed by atoms with van der Waals surface area (Å²) in [4.78, 5) is 0. The molecule has 0 amide bonds. The Kier molecular flexibility index (Phi) is 2.59. The molecule has 2 rings (SSSR count). The molecule has 0 aromatic carbocycles. The van der Waals surface area contributed by atoms with Crippen LogP contribution >= 0.6 is 0 Å². The Morgan fingerprint density at radius 3 is 2.60 bits per heavy atom. The van der Waals surface area contributed by atoms with Crippen LogP contribution in [0.4, 0.5) is 0 Å². The summed E-state index contributed by atoms with van der Waals surface area (Å²) in [5, 5.41) is 14.2. The number of hydrogen-bond donors (Lipinski definition) is 1. The van der Waals surface area contributed by atoms with Gasteiger partial charge in [0.05, 0.1) is 6.10 Å². The van der Waals surface area contributed by atoms with Crippen molar-refractivity contribution in [2.45, 2.75) is 45.1 Å². The van der Waals surface area contributed by atoms with E-state index in [9.17, 15) is 5.11 Å². The van der Waals surface area contributed by atoms with Gasteiger partial charge in [-0.05, 0) is 25.3 Å². The van der Waals surface area contributed by atoms with Gasteiger partial charge < -0.3 is 5.11 Å². The molecule has 1 heterocycles. The summed E-state index contributed by atoms with van der Waals surface area (Å²) in [5.41, 5.74) is 1.36. The maximum absolute atomic E-state index is 9.99. The zero-order chi connectivity index (χ0) is 11.1. The Bertz CT molecular complexity index is 341. The van der Waals surface area contributed by atoms with Crippen molar-refractivity contribution in [1.29, 1.82) is 0 Å². The van der Waals surface area contributed by atoms with Crippen molar-refractivity contribution in [3.05, 3.63) is 18.0 Å². The topological polar surface area (TPSA) is 38.1 Å². The molecular formula is C12H20N2O. The van der Waals surface area contributed by atoms with Crippen molar-refractivity contribution in [3.63, 3.8) is 0 Å². The van der Waals surface area contributed by atoms with Gasteiger partial charge in [0.1, 0.15) is 0 Å². The highest BCUT2D eigenvalue weighted by molar-refractivity contribution is 5.20. The van der Waals surface area contributed by atoms with E-state index >= 15 is 0 Å². The van der Waals surface area contributed by atoms with E-state index in [0.29, 0.717) is 5.92 Å². The molecule has 1 saturated carbocycles. The lowest BCUT2D eigenvalue weighted by Crippen LogP contribution is -2.51. The minimum absolute atomic E-state index is 0.0911. The number of aliphatic hydroxyl groups excluding tert-OH is 1. The average molecular weight is 208 g/mol. The SMILES string of the molecule is CCC1(CC)C(O)CC1c1ccnn1C. The summed E-state index contributed by atoms with van der Waals surface area (Å²) in [6, 6.07) is 2.08. The quantitative estimate of drug-likeness (QED) is 0.825. The molecule has 84 valence electrons. The maximum atomic E-state index is 9.99. The monoisotopic (exact) mass is 208 g/mol. The summed E-state index contributed by atoms with van der Waals surface area (Å²) < 4.78 is 1.94. The van der Waals surface area contributed by atoms with Crippen LogP contribution in [0.25, 0.3) is 0 Å². The second-order valence-corrected chi connectivity index (χ2v) is 4.62. The molecule has 1 aromatic heterocycles. The van der Waals surface area contributed by atoms with Gasteiger partial charge in [0, 0.05) is 30.3 Å². The van der Waals surface area contributed by atoms with Gasteiger partial charge in [0.2, 0.25) is 0 Å². The van der Waals surface area contributed by atoms with E-state index in [0.717, 1.165) is 19.3 Å². The van der Waals surface area contributed by atoms with Crippen LogP contribution in [0, 0.1) is 5.41 Å². The third-order valence-electron chi connectivity index (χ3n) is 4.35. The highest BCUT2D eigenvalue weighted by Gasteiger charge is 2.53. The van der Waals surface area contributed by atoms with E-state index in [2.05, 4.69) is 25.0 Å². The molecule has 1 N–H and O–H groups in total. The molecule has 0 aliphatic heterocycles. The van der Waals surface area contributed by atoms with Crippen LogP contribution in [0.15, 0.2) is 12.3 Å². The first-order valence-electron chi connectivity index (χ1n) is 5.81. The third kappa shape index (κ3) is 1.33. The molecule has 3 heteroatoms. The number of aromatic nitrogens is 2. The van der Waals surface area contributed by atoms with Crippen molar-refractivity contribution < 1.29 is 5.11 Å². The molecule has 1 aliphatic carbocycles. The van der Waals surface area contributed by atoms with Crippen molar-refractivity contribution in [1.82, 2.24) is 9.78 Å². The molecule has 0 spiro atoms. The fraction of sp³-hybridized carbons (Fsp3) is 0.750. The first-order valence-corrected chi connectivity index (χ1v) is 5.81. The lowest BCUT2D eigenvalue weighted by Gasteiger charge is -2.53. The van der Waals surface area contributed by atoms with Gasteiger partial charge in [-0.2, -0.15) is 5.10 Å². The number of rotatable bonds is 3. The lowest BCUT2D eigenvalue weighted by atomic mass is 9.54. The summed E-state index contributed by atoms with van der Waals surface area (Å²) in [6.45, 7) is 4.35. The Morgan fingerprint density at radius 1 is 1.53 bits per heavy atom. The Balaban J connectivity index is 2.29. The molecule has 3 nitrogen and oxygen atoms in total. The van der Waals surface area contributed by atoms with Gasteiger partial charge in [-0.15, -0.1) is 0 Å². The normalized spacial score (nSPS) is 28.8. The van der Waals surface area contributed by atoms with E-state index in [-0.39, 0.29) is 11.5 Å². The van der Waals surface area contributed by atoms with Crippen LogP contribution < -0.4 is 0 Å². The summed E-state index contributed by atoms with van der Waals surface area (Å²) in [5.74, 6) is 0.481. The summed E-state index contributed by atoms with van der Waals surface area (Å²) in [6.07, 6.45) is 4.69. The van der Waals surface area contributed by atoms with E-state index in [1.54, 1.807) is 0 Å². The highest BCUT2D eigenvalue weighted by atomic mass is 16.3. The second-order valence-electron chi connectivity index (χ2n) is 4.62. The number of hydrogen-bond acceptors (Lipinski definition) is 2. The van der Waals surface area contributed by atoms with Crippen LogP contribution in [0.3, 0.4) is 0 Å². The molecule has 0 radical (unpaired) electrons. The average Bonchev–Trinajstić information content (AvgIpc) is 2.63.